The molecule has 3 rings (SSSR count). The highest BCUT2D eigenvalue weighted by Gasteiger charge is 2.40. The molecule has 0 fully saturated rings. The SMILES string of the molecule is CC(C)(C)Oc1cc(CCC(C)(C)N2CC3=C(C2)C(C)(F)CC=C3)ccc1O. The first kappa shape index (κ1) is 20.9. The summed E-state index contributed by atoms with van der Waals surface area (Å²) in [6, 6.07) is 5.60. The van der Waals surface area contributed by atoms with Crippen LogP contribution in [0, 0.1) is 0 Å². The average molecular weight is 388 g/mol. The fraction of sp³-hybridized carbons (Fsp3) is 0.583. The van der Waals surface area contributed by atoms with Crippen molar-refractivity contribution in [1.29, 1.82) is 0 Å². The molecule has 1 aliphatic carbocycles. The fourth-order valence-corrected chi connectivity index (χ4v) is 4.01. The average Bonchev–Trinajstić information content (AvgIpc) is 3.01. The maximum Gasteiger partial charge on any atom is 0.161 e. The molecular formula is C24H34FNO2. The Hall–Kier alpha value is -1.81. The molecule has 0 radical (unpaired) electrons. The first-order valence-electron chi connectivity index (χ1n) is 10.2. The van der Waals surface area contributed by atoms with Crippen molar-refractivity contribution in [3.63, 3.8) is 0 Å². The highest BCUT2D eigenvalue weighted by Crippen LogP contribution is 2.40. The van der Waals surface area contributed by atoms with Gasteiger partial charge in [0.25, 0.3) is 0 Å². The minimum atomic E-state index is -1.22. The van der Waals surface area contributed by atoms with Crippen molar-refractivity contribution in [2.45, 2.75) is 77.6 Å². The Morgan fingerprint density at radius 3 is 2.54 bits per heavy atom. The Kier molecular flexibility index (Phi) is 5.39. The van der Waals surface area contributed by atoms with Crippen LogP contribution in [0.1, 0.15) is 59.9 Å². The van der Waals surface area contributed by atoms with Gasteiger partial charge in [-0.3, -0.25) is 4.90 Å². The number of aromatic hydroxyl groups is 1. The van der Waals surface area contributed by atoms with Crippen LogP contribution in [0.15, 0.2) is 41.5 Å². The lowest BCUT2D eigenvalue weighted by Gasteiger charge is -2.36. The smallest absolute Gasteiger partial charge is 0.161 e. The van der Waals surface area contributed by atoms with Crippen LogP contribution in [-0.2, 0) is 6.42 Å². The Balaban J connectivity index is 1.66. The zero-order valence-corrected chi connectivity index (χ0v) is 18.1. The molecule has 0 spiro atoms. The van der Waals surface area contributed by atoms with E-state index in [0.29, 0.717) is 18.7 Å². The van der Waals surface area contributed by atoms with E-state index in [-0.39, 0.29) is 16.9 Å². The first-order chi connectivity index (χ1) is 12.9. The molecule has 0 aromatic heterocycles. The van der Waals surface area contributed by atoms with Crippen molar-refractivity contribution in [2.75, 3.05) is 13.1 Å². The number of alkyl halides is 1. The molecule has 1 heterocycles. The number of allylic oxidation sites excluding steroid dienone is 1. The van der Waals surface area contributed by atoms with E-state index in [9.17, 15) is 9.50 Å². The monoisotopic (exact) mass is 387 g/mol. The summed E-state index contributed by atoms with van der Waals surface area (Å²) in [6.45, 7) is 13.6. The summed E-state index contributed by atoms with van der Waals surface area (Å²) in [5, 5.41) is 10.1. The third-order valence-electron chi connectivity index (χ3n) is 5.87. The second-order valence-corrected chi connectivity index (χ2v) is 9.99. The second-order valence-electron chi connectivity index (χ2n) is 9.99. The van der Waals surface area contributed by atoms with E-state index in [2.05, 4.69) is 24.8 Å². The molecule has 154 valence electrons. The minimum Gasteiger partial charge on any atom is -0.504 e. The van der Waals surface area contributed by atoms with Crippen molar-refractivity contribution in [3.05, 3.63) is 47.1 Å². The fourth-order valence-electron chi connectivity index (χ4n) is 4.01. The maximum absolute atomic E-state index is 14.9. The second kappa shape index (κ2) is 7.22. The van der Waals surface area contributed by atoms with Crippen LogP contribution in [0.25, 0.3) is 0 Å². The van der Waals surface area contributed by atoms with Gasteiger partial charge in [0.15, 0.2) is 11.5 Å². The highest BCUT2D eigenvalue weighted by molar-refractivity contribution is 5.43. The number of nitrogens with zero attached hydrogens (tertiary/aromatic N) is 1. The third kappa shape index (κ3) is 4.60. The summed E-state index contributed by atoms with van der Waals surface area (Å²) in [5.41, 5.74) is 1.61. The first-order valence-corrected chi connectivity index (χ1v) is 10.2. The van der Waals surface area contributed by atoms with Crippen LogP contribution >= 0.6 is 0 Å². The molecule has 0 amide bonds. The maximum atomic E-state index is 14.9. The normalized spacial score (nSPS) is 23.2. The molecule has 2 aliphatic rings. The summed E-state index contributed by atoms with van der Waals surface area (Å²) < 4.78 is 20.8. The van der Waals surface area contributed by atoms with Gasteiger partial charge in [-0.1, -0.05) is 18.2 Å². The lowest BCUT2D eigenvalue weighted by Crippen LogP contribution is -2.44. The van der Waals surface area contributed by atoms with Crippen molar-refractivity contribution in [3.8, 4) is 11.5 Å². The van der Waals surface area contributed by atoms with Gasteiger partial charge in [0, 0.05) is 25.0 Å². The van der Waals surface area contributed by atoms with E-state index >= 15 is 0 Å². The standard InChI is InChI=1S/C24H34FNO2/c1-22(2,3)28-21-14-17(9-10-20(21)27)11-13-23(4,5)26-15-18-8-7-12-24(6,25)19(18)16-26/h7-10,14,27H,11-13,15-16H2,1-6H3. The van der Waals surface area contributed by atoms with E-state index in [1.165, 1.54) is 0 Å². The van der Waals surface area contributed by atoms with Crippen molar-refractivity contribution < 1.29 is 14.2 Å². The van der Waals surface area contributed by atoms with Crippen LogP contribution in [0.4, 0.5) is 4.39 Å². The van der Waals surface area contributed by atoms with Crippen molar-refractivity contribution >= 4 is 0 Å². The molecule has 1 aromatic rings. The molecule has 4 heteroatoms. The number of benzene rings is 1. The lowest BCUT2D eigenvalue weighted by molar-refractivity contribution is 0.125. The van der Waals surface area contributed by atoms with E-state index < -0.39 is 5.67 Å². The topological polar surface area (TPSA) is 32.7 Å². The van der Waals surface area contributed by atoms with E-state index in [4.69, 9.17) is 4.74 Å². The van der Waals surface area contributed by atoms with Crippen LogP contribution in [0.2, 0.25) is 0 Å². The van der Waals surface area contributed by atoms with Gasteiger partial charge in [-0.05, 0) is 83.2 Å². The summed E-state index contributed by atoms with van der Waals surface area (Å²) >= 11 is 0. The number of rotatable bonds is 5. The highest BCUT2D eigenvalue weighted by atomic mass is 19.1. The molecule has 0 saturated carbocycles. The van der Waals surface area contributed by atoms with Crippen LogP contribution < -0.4 is 4.74 Å². The van der Waals surface area contributed by atoms with E-state index in [0.717, 1.165) is 36.1 Å². The zero-order valence-electron chi connectivity index (χ0n) is 18.1. The molecule has 1 unspecified atom stereocenters. The van der Waals surface area contributed by atoms with Gasteiger partial charge >= 0.3 is 0 Å². The van der Waals surface area contributed by atoms with E-state index in [1.807, 2.05) is 39.0 Å². The third-order valence-corrected chi connectivity index (χ3v) is 5.87. The summed E-state index contributed by atoms with van der Waals surface area (Å²) in [5.74, 6) is 0.697. The lowest BCUT2D eigenvalue weighted by atomic mass is 9.87. The largest absolute Gasteiger partial charge is 0.504 e. The molecular weight excluding hydrogens is 353 g/mol. The van der Waals surface area contributed by atoms with Crippen molar-refractivity contribution in [1.82, 2.24) is 4.90 Å². The van der Waals surface area contributed by atoms with Crippen LogP contribution in [-0.4, -0.2) is 39.9 Å². The number of ether oxygens (including phenoxy) is 1. The summed E-state index contributed by atoms with van der Waals surface area (Å²) in [6.07, 6.45) is 6.35. The molecule has 1 N–H and O–H groups in total. The molecule has 28 heavy (non-hydrogen) atoms. The Bertz CT molecular complexity index is 799. The Morgan fingerprint density at radius 1 is 1.18 bits per heavy atom. The number of halogens is 1. The summed E-state index contributed by atoms with van der Waals surface area (Å²) in [4.78, 5) is 2.39. The minimum absolute atomic E-state index is 0.0514. The van der Waals surface area contributed by atoms with Gasteiger partial charge in [0.2, 0.25) is 0 Å². The van der Waals surface area contributed by atoms with Crippen molar-refractivity contribution in [2.24, 2.45) is 0 Å². The molecule has 1 aromatic carbocycles. The molecule has 3 nitrogen and oxygen atoms in total. The predicted molar refractivity (Wildman–Crippen MR) is 113 cm³/mol. The number of hydrogen-bond acceptors (Lipinski definition) is 3. The summed E-state index contributed by atoms with van der Waals surface area (Å²) in [7, 11) is 0. The van der Waals surface area contributed by atoms with Gasteiger partial charge in [-0.15, -0.1) is 0 Å². The molecule has 0 bridgehead atoms. The van der Waals surface area contributed by atoms with Crippen LogP contribution in [0.3, 0.4) is 0 Å². The molecule has 1 atom stereocenters. The molecule has 1 aliphatic heterocycles. The Labute approximate surface area is 168 Å². The zero-order chi connectivity index (χ0) is 20.7. The predicted octanol–water partition coefficient (Wildman–Crippen LogP) is 5.58. The number of aryl methyl sites for hydroxylation is 1. The van der Waals surface area contributed by atoms with Gasteiger partial charge in [-0.25, -0.2) is 4.39 Å². The van der Waals surface area contributed by atoms with E-state index in [1.54, 1.807) is 13.0 Å². The van der Waals surface area contributed by atoms with Gasteiger partial charge in [0.05, 0.1) is 0 Å². The number of phenols is 1. The number of hydrogen-bond donors (Lipinski definition) is 1. The number of phenolic OH excluding ortho intramolecular Hbond substituents is 1. The van der Waals surface area contributed by atoms with Gasteiger partial charge in [-0.2, -0.15) is 0 Å². The molecule has 0 saturated heterocycles. The Morgan fingerprint density at radius 2 is 1.89 bits per heavy atom. The quantitative estimate of drug-likeness (QED) is 0.716. The van der Waals surface area contributed by atoms with Crippen LogP contribution in [0.5, 0.6) is 11.5 Å². The van der Waals surface area contributed by atoms with Gasteiger partial charge in [0.1, 0.15) is 11.3 Å². The van der Waals surface area contributed by atoms with Gasteiger partial charge < -0.3 is 9.84 Å².